The summed E-state index contributed by atoms with van der Waals surface area (Å²) in [5, 5.41) is 11.9. The summed E-state index contributed by atoms with van der Waals surface area (Å²) in [5.74, 6) is -0.545. The van der Waals surface area contributed by atoms with Crippen molar-refractivity contribution in [2.75, 3.05) is 11.9 Å². The normalized spacial score (nSPS) is 9.64. The van der Waals surface area contributed by atoms with Gasteiger partial charge in [0.15, 0.2) is 0 Å². The smallest absolute Gasteiger partial charge is 0.262 e. The number of hydroxylamine groups is 1. The molecule has 0 aliphatic carbocycles. The maximum Gasteiger partial charge on any atom is 0.262 e. The third kappa shape index (κ3) is 3.06. The predicted octanol–water partition coefficient (Wildman–Crippen LogP) is 1.91. The third-order valence-corrected chi connectivity index (χ3v) is 2.04. The van der Waals surface area contributed by atoms with Gasteiger partial charge in [0.05, 0.1) is 17.3 Å². The third-order valence-electron chi connectivity index (χ3n) is 1.50. The molecule has 6 heteroatoms. The summed E-state index contributed by atoms with van der Waals surface area (Å²) in [6.07, 6.45) is 0. The van der Waals surface area contributed by atoms with Gasteiger partial charge < -0.3 is 5.32 Å². The monoisotopic (exact) mass is 234 g/mol. The largest absolute Gasteiger partial charge is 0.375 e. The fraction of sp³-hybridized carbons (Fsp3) is 0.125. The van der Waals surface area contributed by atoms with Crippen LogP contribution in [0.15, 0.2) is 18.2 Å². The van der Waals surface area contributed by atoms with Crippen LogP contribution in [0.25, 0.3) is 0 Å². The zero-order valence-corrected chi connectivity index (χ0v) is 8.56. The molecule has 76 valence electrons. The molecule has 0 radical (unpaired) electrons. The standard InChI is InChI=1S/C8H8Cl2N2O2/c9-5-1-2-7(6(10)3-5)11-4-8(13)12-14/h1-3,11,14H,4H2,(H,12,13). The molecule has 0 atom stereocenters. The average Bonchev–Trinajstić information content (AvgIpc) is 2.16. The van der Waals surface area contributed by atoms with Crippen molar-refractivity contribution < 1.29 is 10.0 Å². The molecule has 0 saturated carbocycles. The van der Waals surface area contributed by atoms with E-state index in [1.165, 1.54) is 5.48 Å². The van der Waals surface area contributed by atoms with Gasteiger partial charge in [0.1, 0.15) is 0 Å². The van der Waals surface area contributed by atoms with E-state index in [2.05, 4.69) is 5.32 Å². The molecule has 0 aliphatic heterocycles. The lowest BCUT2D eigenvalue weighted by atomic mass is 10.3. The predicted molar refractivity (Wildman–Crippen MR) is 54.9 cm³/mol. The summed E-state index contributed by atoms with van der Waals surface area (Å²) < 4.78 is 0. The molecule has 0 aliphatic rings. The maximum atomic E-state index is 10.7. The van der Waals surface area contributed by atoms with Gasteiger partial charge >= 0.3 is 0 Å². The minimum atomic E-state index is -0.545. The molecule has 0 unspecified atom stereocenters. The van der Waals surface area contributed by atoms with Crippen LogP contribution < -0.4 is 10.8 Å². The Morgan fingerprint density at radius 3 is 2.71 bits per heavy atom. The van der Waals surface area contributed by atoms with Gasteiger partial charge in [0.2, 0.25) is 0 Å². The number of amides is 1. The van der Waals surface area contributed by atoms with Crippen LogP contribution >= 0.6 is 23.2 Å². The molecule has 0 fully saturated rings. The van der Waals surface area contributed by atoms with Crippen LogP contribution in [0.3, 0.4) is 0 Å². The molecule has 1 aromatic carbocycles. The molecule has 1 aromatic rings. The molecule has 1 amide bonds. The van der Waals surface area contributed by atoms with Crippen LogP contribution in [-0.4, -0.2) is 17.7 Å². The van der Waals surface area contributed by atoms with Crippen LogP contribution in [-0.2, 0) is 4.79 Å². The van der Waals surface area contributed by atoms with Gasteiger partial charge in [0.25, 0.3) is 5.91 Å². The fourth-order valence-electron chi connectivity index (χ4n) is 0.848. The van der Waals surface area contributed by atoms with Gasteiger partial charge in [-0.1, -0.05) is 23.2 Å². The van der Waals surface area contributed by atoms with E-state index in [-0.39, 0.29) is 6.54 Å². The molecule has 3 N–H and O–H groups in total. The van der Waals surface area contributed by atoms with Crippen LogP contribution in [0.2, 0.25) is 10.0 Å². The van der Waals surface area contributed by atoms with Gasteiger partial charge in [0, 0.05) is 5.02 Å². The second-order valence-electron chi connectivity index (χ2n) is 2.51. The number of nitrogens with one attached hydrogen (secondary N) is 2. The molecule has 1 rings (SSSR count). The van der Waals surface area contributed by atoms with Gasteiger partial charge in [-0.25, -0.2) is 5.48 Å². The molecule has 0 spiro atoms. The molecule has 14 heavy (non-hydrogen) atoms. The van der Waals surface area contributed by atoms with Crippen molar-refractivity contribution in [2.45, 2.75) is 0 Å². The molecular weight excluding hydrogens is 227 g/mol. The summed E-state index contributed by atoms with van der Waals surface area (Å²) >= 11 is 11.5. The minimum absolute atomic E-state index is 0.0577. The first-order valence-corrected chi connectivity index (χ1v) is 4.51. The Balaban J connectivity index is 2.63. The Hall–Kier alpha value is -0.970. The van der Waals surface area contributed by atoms with E-state index < -0.39 is 5.91 Å². The molecule has 0 aromatic heterocycles. The highest BCUT2D eigenvalue weighted by molar-refractivity contribution is 6.36. The second kappa shape index (κ2) is 5.05. The fourth-order valence-corrected chi connectivity index (χ4v) is 1.32. The Kier molecular flexibility index (Phi) is 4.00. The molecular formula is C8H8Cl2N2O2. The van der Waals surface area contributed by atoms with Crippen molar-refractivity contribution in [3.05, 3.63) is 28.2 Å². The zero-order valence-electron chi connectivity index (χ0n) is 7.05. The van der Waals surface area contributed by atoms with Crippen molar-refractivity contribution in [3.63, 3.8) is 0 Å². The lowest BCUT2D eigenvalue weighted by Crippen LogP contribution is -2.26. The van der Waals surface area contributed by atoms with Crippen LogP contribution in [0.4, 0.5) is 5.69 Å². The Labute approximate surface area is 90.8 Å². The number of benzene rings is 1. The first-order chi connectivity index (χ1) is 6.63. The highest BCUT2D eigenvalue weighted by atomic mass is 35.5. The maximum absolute atomic E-state index is 10.7. The quantitative estimate of drug-likeness (QED) is 0.554. The number of rotatable bonds is 3. The summed E-state index contributed by atoms with van der Waals surface area (Å²) in [6.45, 7) is -0.0577. The molecule has 4 nitrogen and oxygen atoms in total. The van der Waals surface area contributed by atoms with Crippen molar-refractivity contribution in [1.82, 2.24) is 5.48 Å². The average molecular weight is 235 g/mol. The van der Waals surface area contributed by atoms with E-state index in [0.29, 0.717) is 15.7 Å². The number of hydrogen-bond acceptors (Lipinski definition) is 3. The second-order valence-corrected chi connectivity index (χ2v) is 3.36. The minimum Gasteiger partial charge on any atom is -0.375 e. The Morgan fingerprint density at radius 1 is 1.43 bits per heavy atom. The molecule has 0 bridgehead atoms. The van der Waals surface area contributed by atoms with E-state index >= 15 is 0 Å². The summed E-state index contributed by atoms with van der Waals surface area (Å²) in [4.78, 5) is 10.7. The Bertz CT molecular complexity index is 344. The topological polar surface area (TPSA) is 61.4 Å². The first kappa shape index (κ1) is 11.1. The van der Waals surface area contributed by atoms with E-state index in [1.54, 1.807) is 18.2 Å². The Morgan fingerprint density at radius 2 is 2.14 bits per heavy atom. The lowest BCUT2D eigenvalue weighted by molar-refractivity contribution is -0.127. The van der Waals surface area contributed by atoms with Gasteiger partial charge in [-0.15, -0.1) is 0 Å². The van der Waals surface area contributed by atoms with Crippen LogP contribution in [0.5, 0.6) is 0 Å². The highest BCUT2D eigenvalue weighted by Crippen LogP contribution is 2.24. The van der Waals surface area contributed by atoms with E-state index in [9.17, 15) is 4.79 Å². The number of anilines is 1. The van der Waals surface area contributed by atoms with Crippen molar-refractivity contribution >= 4 is 34.8 Å². The number of halogens is 2. The summed E-state index contributed by atoms with van der Waals surface area (Å²) in [5.41, 5.74) is 2.08. The number of carbonyl (C=O) groups excluding carboxylic acids is 1. The molecule has 0 heterocycles. The van der Waals surface area contributed by atoms with Crippen molar-refractivity contribution in [3.8, 4) is 0 Å². The van der Waals surface area contributed by atoms with Crippen LogP contribution in [0.1, 0.15) is 0 Å². The van der Waals surface area contributed by atoms with Crippen molar-refractivity contribution in [1.29, 1.82) is 0 Å². The van der Waals surface area contributed by atoms with Gasteiger partial charge in [-0.2, -0.15) is 0 Å². The highest BCUT2D eigenvalue weighted by Gasteiger charge is 2.02. The SMILES string of the molecule is O=C(CNc1ccc(Cl)cc1Cl)NO. The van der Waals surface area contributed by atoms with E-state index in [4.69, 9.17) is 28.4 Å². The lowest BCUT2D eigenvalue weighted by Gasteiger charge is -2.06. The van der Waals surface area contributed by atoms with Crippen LogP contribution in [0, 0.1) is 0 Å². The number of carbonyl (C=O) groups is 1. The van der Waals surface area contributed by atoms with Gasteiger partial charge in [-0.3, -0.25) is 10.0 Å². The van der Waals surface area contributed by atoms with E-state index in [1.807, 2.05) is 0 Å². The zero-order chi connectivity index (χ0) is 10.6. The first-order valence-electron chi connectivity index (χ1n) is 3.75. The van der Waals surface area contributed by atoms with E-state index in [0.717, 1.165) is 0 Å². The van der Waals surface area contributed by atoms with Gasteiger partial charge in [-0.05, 0) is 18.2 Å². The molecule has 0 saturated heterocycles. The van der Waals surface area contributed by atoms with Crippen molar-refractivity contribution in [2.24, 2.45) is 0 Å². The summed E-state index contributed by atoms with van der Waals surface area (Å²) in [7, 11) is 0. The number of hydrogen-bond donors (Lipinski definition) is 3. The summed E-state index contributed by atoms with van der Waals surface area (Å²) in [6, 6.07) is 4.85.